The highest BCUT2D eigenvalue weighted by molar-refractivity contribution is 5.82. The van der Waals surface area contributed by atoms with E-state index in [4.69, 9.17) is 4.74 Å². The number of epoxide rings is 1. The van der Waals surface area contributed by atoms with E-state index in [0.29, 0.717) is 12.5 Å². The average Bonchev–Trinajstić information content (AvgIpc) is 3.19. The molecular formula is C13H15NO2. The highest BCUT2D eigenvalue weighted by Gasteiger charge is 2.44. The molecule has 2 aliphatic rings. The van der Waals surface area contributed by atoms with Crippen LogP contribution in [0.5, 0.6) is 0 Å². The summed E-state index contributed by atoms with van der Waals surface area (Å²) in [5.41, 5.74) is 1.28. The molecule has 1 aromatic rings. The lowest BCUT2D eigenvalue weighted by Crippen LogP contribution is -2.29. The van der Waals surface area contributed by atoms with E-state index in [-0.39, 0.29) is 17.9 Å². The fourth-order valence-corrected chi connectivity index (χ4v) is 2.08. The van der Waals surface area contributed by atoms with Crippen LogP contribution in [0.2, 0.25) is 0 Å². The molecule has 0 bridgehead atoms. The molecule has 1 saturated heterocycles. The summed E-state index contributed by atoms with van der Waals surface area (Å²) in [6.45, 7) is 1.48. The first-order valence-corrected chi connectivity index (χ1v) is 5.79. The van der Waals surface area contributed by atoms with E-state index in [1.54, 1.807) is 0 Å². The fraction of sp³-hybridized carbons (Fsp3) is 0.462. The minimum absolute atomic E-state index is 0.182. The quantitative estimate of drug-likeness (QED) is 0.772. The predicted molar refractivity (Wildman–Crippen MR) is 60.0 cm³/mol. The molecule has 16 heavy (non-hydrogen) atoms. The second kappa shape index (κ2) is 3.91. The van der Waals surface area contributed by atoms with Gasteiger partial charge in [-0.3, -0.25) is 4.79 Å². The zero-order chi connectivity index (χ0) is 11.0. The molecule has 1 N–H and O–H groups in total. The van der Waals surface area contributed by atoms with Crippen molar-refractivity contribution in [2.24, 2.45) is 5.92 Å². The maximum atomic E-state index is 11.8. The first kappa shape index (κ1) is 9.85. The van der Waals surface area contributed by atoms with Gasteiger partial charge in [-0.1, -0.05) is 30.3 Å². The minimum atomic E-state index is 0.182. The lowest BCUT2D eigenvalue weighted by molar-refractivity contribution is -0.122. The summed E-state index contributed by atoms with van der Waals surface area (Å²) in [5.74, 6) is 0.798. The van der Waals surface area contributed by atoms with Crippen molar-refractivity contribution in [3.8, 4) is 0 Å². The highest BCUT2D eigenvalue weighted by atomic mass is 16.6. The SMILES string of the molecule is O=C(NC[C@@H]1CO1)[C@H]1C[C@H]1c1ccccc1. The van der Waals surface area contributed by atoms with Crippen LogP contribution in [0, 0.1) is 5.92 Å². The summed E-state index contributed by atoms with van der Waals surface area (Å²) in [6.07, 6.45) is 1.26. The van der Waals surface area contributed by atoms with E-state index < -0.39 is 0 Å². The van der Waals surface area contributed by atoms with E-state index in [1.165, 1.54) is 5.56 Å². The summed E-state index contributed by atoms with van der Waals surface area (Å²) in [7, 11) is 0. The van der Waals surface area contributed by atoms with Crippen molar-refractivity contribution in [2.45, 2.75) is 18.4 Å². The number of nitrogens with one attached hydrogen (secondary N) is 1. The van der Waals surface area contributed by atoms with Crippen molar-refractivity contribution >= 4 is 5.91 Å². The normalized spacial score (nSPS) is 30.9. The molecular weight excluding hydrogens is 202 g/mol. The number of hydrogen-bond acceptors (Lipinski definition) is 2. The molecule has 1 aliphatic carbocycles. The van der Waals surface area contributed by atoms with Crippen LogP contribution in [0.1, 0.15) is 17.9 Å². The zero-order valence-electron chi connectivity index (χ0n) is 9.06. The molecule has 3 nitrogen and oxygen atoms in total. The van der Waals surface area contributed by atoms with Crippen LogP contribution in [-0.4, -0.2) is 25.2 Å². The third-order valence-corrected chi connectivity index (χ3v) is 3.26. The standard InChI is InChI=1S/C13H15NO2/c15-13(14-7-10-8-16-10)12-6-11(12)9-4-2-1-3-5-9/h1-5,10-12H,6-8H2,(H,14,15)/t10-,11+,12+/m1/s1. The summed E-state index contributed by atoms with van der Waals surface area (Å²) >= 11 is 0. The topological polar surface area (TPSA) is 41.6 Å². The van der Waals surface area contributed by atoms with Crippen molar-refractivity contribution in [3.05, 3.63) is 35.9 Å². The van der Waals surface area contributed by atoms with Gasteiger partial charge in [-0.05, 0) is 17.9 Å². The molecule has 3 rings (SSSR count). The van der Waals surface area contributed by atoms with E-state index in [2.05, 4.69) is 17.4 Å². The van der Waals surface area contributed by atoms with Crippen LogP contribution in [0.3, 0.4) is 0 Å². The Kier molecular flexibility index (Phi) is 2.40. The van der Waals surface area contributed by atoms with E-state index in [9.17, 15) is 4.79 Å². The van der Waals surface area contributed by atoms with Crippen molar-refractivity contribution < 1.29 is 9.53 Å². The molecule has 1 amide bonds. The van der Waals surface area contributed by atoms with Crippen LogP contribution < -0.4 is 5.32 Å². The largest absolute Gasteiger partial charge is 0.371 e. The molecule has 1 saturated carbocycles. The van der Waals surface area contributed by atoms with Gasteiger partial charge in [-0.2, -0.15) is 0 Å². The van der Waals surface area contributed by atoms with Gasteiger partial charge in [-0.25, -0.2) is 0 Å². The third kappa shape index (κ3) is 2.09. The third-order valence-electron chi connectivity index (χ3n) is 3.26. The molecule has 2 fully saturated rings. The van der Waals surface area contributed by atoms with E-state index in [0.717, 1.165) is 13.0 Å². The number of benzene rings is 1. The van der Waals surface area contributed by atoms with Crippen molar-refractivity contribution in [2.75, 3.05) is 13.2 Å². The van der Waals surface area contributed by atoms with Crippen LogP contribution in [0.15, 0.2) is 30.3 Å². The van der Waals surface area contributed by atoms with Gasteiger partial charge in [0.05, 0.1) is 12.7 Å². The van der Waals surface area contributed by atoms with Gasteiger partial charge < -0.3 is 10.1 Å². The maximum Gasteiger partial charge on any atom is 0.223 e. The zero-order valence-corrected chi connectivity index (χ0v) is 9.06. The Labute approximate surface area is 94.8 Å². The number of amides is 1. The summed E-state index contributed by atoms with van der Waals surface area (Å²) in [4.78, 5) is 11.8. The van der Waals surface area contributed by atoms with E-state index in [1.807, 2.05) is 18.2 Å². The average molecular weight is 217 g/mol. The molecule has 1 aromatic carbocycles. The predicted octanol–water partition coefficient (Wildman–Crippen LogP) is 1.31. The lowest BCUT2D eigenvalue weighted by Gasteiger charge is -2.02. The number of ether oxygens (including phenoxy) is 1. The van der Waals surface area contributed by atoms with Gasteiger partial charge in [0, 0.05) is 12.5 Å². The van der Waals surface area contributed by atoms with Crippen molar-refractivity contribution in [3.63, 3.8) is 0 Å². The van der Waals surface area contributed by atoms with E-state index >= 15 is 0 Å². The molecule has 3 atom stereocenters. The van der Waals surface area contributed by atoms with Crippen molar-refractivity contribution in [1.29, 1.82) is 0 Å². The molecule has 0 radical (unpaired) electrons. The Morgan fingerprint density at radius 2 is 2.12 bits per heavy atom. The van der Waals surface area contributed by atoms with Gasteiger partial charge in [0.25, 0.3) is 0 Å². The molecule has 0 unspecified atom stereocenters. The Morgan fingerprint density at radius 1 is 1.38 bits per heavy atom. The van der Waals surface area contributed by atoms with Crippen LogP contribution in [0.25, 0.3) is 0 Å². The van der Waals surface area contributed by atoms with Gasteiger partial charge in [0.2, 0.25) is 5.91 Å². The smallest absolute Gasteiger partial charge is 0.223 e. The van der Waals surface area contributed by atoms with Crippen LogP contribution in [-0.2, 0) is 9.53 Å². The summed E-state index contributed by atoms with van der Waals surface area (Å²) < 4.78 is 5.06. The minimum Gasteiger partial charge on any atom is -0.371 e. The number of carbonyl (C=O) groups excluding carboxylic acids is 1. The lowest BCUT2D eigenvalue weighted by atomic mass is 10.1. The summed E-state index contributed by atoms with van der Waals surface area (Å²) in [5, 5.41) is 2.94. The van der Waals surface area contributed by atoms with Crippen LogP contribution in [0.4, 0.5) is 0 Å². The van der Waals surface area contributed by atoms with Crippen LogP contribution >= 0.6 is 0 Å². The van der Waals surface area contributed by atoms with Gasteiger partial charge in [-0.15, -0.1) is 0 Å². The molecule has 84 valence electrons. The molecule has 3 heteroatoms. The Hall–Kier alpha value is -1.35. The Bertz CT molecular complexity index is 386. The van der Waals surface area contributed by atoms with Gasteiger partial charge in [0.1, 0.15) is 0 Å². The molecule has 1 heterocycles. The highest BCUT2D eigenvalue weighted by Crippen LogP contribution is 2.47. The van der Waals surface area contributed by atoms with Crippen molar-refractivity contribution in [1.82, 2.24) is 5.32 Å². The second-order valence-corrected chi connectivity index (χ2v) is 4.56. The maximum absolute atomic E-state index is 11.8. The fourth-order valence-electron chi connectivity index (χ4n) is 2.08. The molecule has 0 aromatic heterocycles. The van der Waals surface area contributed by atoms with Gasteiger partial charge in [0.15, 0.2) is 0 Å². The Morgan fingerprint density at radius 3 is 2.81 bits per heavy atom. The first-order chi connectivity index (χ1) is 7.84. The number of carbonyl (C=O) groups is 1. The number of hydrogen-bond donors (Lipinski definition) is 1. The molecule has 1 aliphatic heterocycles. The van der Waals surface area contributed by atoms with Gasteiger partial charge >= 0.3 is 0 Å². The monoisotopic (exact) mass is 217 g/mol. The first-order valence-electron chi connectivity index (χ1n) is 5.79. The second-order valence-electron chi connectivity index (χ2n) is 4.56. The Balaban J connectivity index is 1.52. The molecule has 0 spiro atoms. The summed E-state index contributed by atoms with van der Waals surface area (Å²) in [6, 6.07) is 10.3. The number of rotatable bonds is 4.